The number of nitrogens with one attached hydrogen (secondary N) is 1. The fourth-order valence-corrected chi connectivity index (χ4v) is 3.43. The number of nitrogens with zero attached hydrogens (tertiary/aromatic N) is 2. The standard InChI is InChI=1S/C22H23N3O3/c1-2-27-19-13-6-7-14-20(19)28-15-21(26)23-22-17-11-8-12-18(17)24-25(22)16-9-4-3-5-10-16/h3-7,9-10,13-14H,2,8,11-12,15H2,1H3,(H,23,26). The Balaban J connectivity index is 1.51. The van der Waals surface area contributed by atoms with Crippen molar-refractivity contribution in [3.63, 3.8) is 0 Å². The molecule has 0 unspecified atom stereocenters. The van der Waals surface area contributed by atoms with E-state index in [1.54, 1.807) is 6.07 Å². The predicted molar refractivity (Wildman–Crippen MR) is 107 cm³/mol. The Morgan fingerprint density at radius 2 is 1.75 bits per heavy atom. The first-order chi connectivity index (χ1) is 13.8. The predicted octanol–water partition coefficient (Wildman–Crippen LogP) is 3.78. The zero-order valence-corrected chi connectivity index (χ0v) is 15.9. The quantitative estimate of drug-likeness (QED) is 0.681. The average molecular weight is 377 g/mol. The van der Waals surface area contributed by atoms with Gasteiger partial charge in [-0.05, 0) is 50.5 Å². The number of aromatic nitrogens is 2. The van der Waals surface area contributed by atoms with Crippen LogP contribution in [0.1, 0.15) is 24.6 Å². The van der Waals surface area contributed by atoms with Gasteiger partial charge in [0, 0.05) is 5.56 Å². The second-order valence-electron chi connectivity index (χ2n) is 6.59. The van der Waals surface area contributed by atoms with Crippen LogP contribution in [0.25, 0.3) is 5.69 Å². The fourth-order valence-electron chi connectivity index (χ4n) is 3.43. The van der Waals surface area contributed by atoms with Crippen molar-refractivity contribution < 1.29 is 14.3 Å². The molecule has 2 aromatic carbocycles. The Bertz CT molecular complexity index is 966. The van der Waals surface area contributed by atoms with E-state index >= 15 is 0 Å². The van der Waals surface area contributed by atoms with Crippen LogP contribution in [0.4, 0.5) is 5.82 Å². The molecule has 144 valence electrons. The molecule has 0 saturated carbocycles. The maximum Gasteiger partial charge on any atom is 0.263 e. The van der Waals surface area contributed by atoms with Crippen LogP contribution in [-0.4, -0.2) is 28.9 Å². The summed E-state index contributed by atoms with van der Waals surface area (Å²) >= 11 is 0. The number of aryl methyl sites for hydroxylation is 1. The maximum atomic E-state index is 12.6. The second kappa shape index (κ2) is 8.17. The number of fused-ring (bicyclic) bond motifs is 1. The zero-order chi connectivity index (χ0) is 19.3. The number of ether oxygens (including phenoxy) is 2. The van der Waals surface area contributed by atoms with E-state index in [0.717, 1.165) is 42.0 Å². The summed E-state index contributed by atoms with van der Waals surface area (Å²) in [5.74, 6) is 1.71. The first kappa shape index (κ1) is 18.1. The highest BCUT2D eigenvalue weighted by atomic mass is 16.5. The van der Waals surface area contributed by atoms with E-state index in [-0.39, 0.29) is 12.5 Å². The minimum atomic E-state index is -0.224. The summed E-state index contributed by atoms with van der Waals surface area (Å²) in [5.41, 5.74) is 3.10. The summed E-state index contributed by atoms with van der Waals surface area (Å²) in [7, 11) is 0. The maximum absolute atomic E-state index is 12.6. The number of carbonyl (C=O) groups is 1. The molecule has 1 N–H and O–H groups in total. The van der Waals surface area contributed by atoms with E-state index in [2.05, 4.69) is 5.32 Å². The van der Waals surface area contributed by atoms with Crippen molar-refractivity contribution in [2.45, 2.75) is 26.2 Å². The van der Waals surface area contributed by atoms with Crippen molar-refractivity contribution >= 4 is 11.7 Å². The molecule has 3 aromatic rings. The molecule has 1 aliphatic rings. The Kier molecular flexibility index (Phi) is 5.28. The molecule has 6 heteroatoms. The number of anilines is 1. The van der Waals surface area contributed by atoms with Crippen molar-refractivity contribution in [1.82, 2.24) is 9.78 Å². The van der Waals surface area contributed by atoms with Gasteiger partial charge in [0.1, 0.15) is 5.82 Å². The third-order valence-electron chi connectivity index (χ3n) is 4.67. The lowest BCUT2D eigenvalue weighted by atomic mass is 10.2. The Morgan fingerprint density at radius 3 is 2.50 bits per heavy atom. The van der Waals surface area contributed by atoms with Gasteiger partial charge in [-0.1, -0.05) is 30.3 Å². The van der Waals surface area contributed by atoms with Gasteiger partial charge in [0.2, 0.25) is 0 Å². The van der Waals surface area contributed by atoms with Crippen LogP contribution < -0.4 is 14.8 Å². The number of para-hydroxylation sites is 3. The molecular formula is C22H23N3O3. The molecule has 0 saturated heterocycles. The van der Waals surface area contributed by atoms with Gasteiger partial charge >= 0.3 is 0 Å². The number of carbonyl (C=O) groups excluding carboxylic acids is 1. The summed E-state index contributed by atoms with van der Waals surface area (Å²) < 4.78 is 13.1. The first-order valence-electron chi connectivity index (χ1n) is 9.57. The van der Waals surface area contributed by atoms with E-state index in [0.29, 0.717) is 18.1 Å². The Hall–Kier alpha value is -3.28. The average Bonchev–Trinajstić information content (AvgIpc) is 3.31. The third kappa shape index (κ3) is 3.71. The van der Waals surface area contributed by atoms with Gasteiger partial charge in [0.15, 0.2) is 18.1 Å². The van der Waals surface area contributed by atoms with Gasteiger partial charge in [-0.3, -0.25) is 4.79 Å². The van der Waals surface area contributed by atoms with Crippen molar-refractivity contribution in [3.8, 4) is 17.2 Å². The molecule has 0 radical (unpaired) electrons. The number of hydrogen-bond acceptors (Lipinski definition) is 4. The van der Waals surface area contributed by atoms with Gasteiger partial charge in [0.05, 0.1) is 18.0 Å². The van der Waals surface area contributed by atoms with Crippen LogP contribution in [-0.2, 0) is 17.6 Å². The van der Waals surface area contributed by atoms with Crippen LogP contribution in [0.3, 0.4) is 0 Å². The molecule has 0 fully saturated rings. The largest absolute Gasteiger partial charge is 0.490 e. The topological polar surface area (TPSA) is 65.4 Å². The Labute approximate surface area is 164 Å². The van der Waals surface area contributed by atoms with Crippen LogP contribution in [0, 0.1) is 0 Å². The van der Waals surface area contributed by atoms with Crippen molar-refractivity contribution in [2.75, 3.05) is 18.5 Å². The lowest BCUT2D eigenvalue weighted by Crippen LogP contribution is -2.22. The van der Waals surface area contributed by atoms with Gasteiger partial charge in [-0.2, -0.15) is 5.10 Å². The monoisotopic (exact) mass is 377 g/mol. The minimum Gasteiger partial charge on any atom is -0.490 e. The van der Waals surface area contributed by atoms with Crippen molar-refractivity contribution in [3.05, 3.63) is 65.9 Å². The lowest BCUT2D eigenvalue weighted by molar-refractivity contribution is -0.118. The summed E-state index contributed by atoms with van der Waals surface area (Å²) in [5, 5.41) is 7.72. The lowest BCUT2D eigenvalue weighted by Gasteiger charge is -2.13. The van der Waals surface area contributed by atoms with Crippen molar-refractivity contribution in [2.24, 2.45) is 0 Å². The zero-order valence-electron chi connectivity index (χ0n) is 15.9. The number of rotatable bonds is 7. The SMILES string of the molecule is CCOc1ccccc1OCC(=O)Nc1c2c(nn1-c1ccccc1)CCC2. The van der Waals surface area contributed by atoms with Crippen LogP contribution >= 0.6 is 0 Å². The van der Waals surface area contributed by atoms with E-state index in [1.165, 1.54) is 0 Å². The smallest absolute Gasteiger partial charge is 0.263 e. The second-order valence-corrected chi connectivity index (χ2v) is 6.59. The van der Waals surface area contributed by atoms with E-state index in [9.17, 15) is 4.79 Å². The fraction of sp³-hybridized carbons (Fsp3) is 0.273. The summed E-state index contributed by atoms with van der Waals surface area (Å²) in [6.45, 7) is 2.35. The van der Waals surface area contributed by atoms with E-state index < -0.39 is 0 Å². The molecule has 0 spiro atoms. The molecule has 28 heavy (non-hydrogen) atoms. The Morgan fingerprint density at radius 1 is 1.04 bits per heavy atom. The summed E-state index contributed by atoms with van der Waals surface area (Å²) in [6.07, 6.45) is 2.93. The molecule has 0 atom stereocenters. The van der Waals surface area contributed by atoms with Gasteiger partial charge < -0.3 is 14.8 Å². The third-order valence-corrected chi connectivity index (χ3v) is 4.67. The number of benzene rings is 2. The van der Waals surface area contributed by atoms with E-state index in [4.69, 9.17) is 14.6 Å². The molecular weight excluding hydrogens is 354 g/mol. The molecule has 1 aromatic heterocycles. The first-order valence-corrected chi connectivity index (χ1v) is 9.57. The van der Waals surface area contributed by atoms with Crippen LogP contribution in [0.5, 0.6) is 11.5 Å². The highest BCUT2D eigenvalue weighted by molar-refractivity contribution is 5.92. The summed E-state index contributed by atoms with van der Waals surface area (Å²) in [4.78, 5) is 12.6. The number of hydrogen-bond donors (Lipinski definition) is 1. The molecule has 0 aliphatic heterocycles. The highest BCUT2D eigenvalue weighted by Crippen LogP contribution is 2.31. The normalized spacial score (nSPS) is 12.5. The van der Waals surface area contributed by atoms with Gasteiger partial charge in [-0.15, -0.1) is 0 Å². The molecule has 1 heterocycles. The van der Waals surface area contributed by atoms with Gasteiger partial charge in [0.25, 0.3) is 5.91 Å². The van der Waals surface area contributed by atoms with Crippen LogP contribution in [0.2, 0.25) is 0 Å². The molecule has 4 rings (SSSR count). The molecule has 0 bridgehead atoms. The van der Waals surface area contributed by atoms with Gasteiger partial charge in [-0.25, -0.2) is 4.68 Å². The van der Waals surface area contributed by atoms with Crippen molar-refractivity contribution in [1.29, 1.82) is 0 Å². The molecule has 6 nitrogen and oxygen atoms in total. The summed E-state index contributed by atoms with van der Waals surface area (Å²) in [6, 6.07) is 17.2. The van der Waals surface area contributed by atoms with E-state index in [1.807, 2.05) is 60.1 Å². The molecule has 1 amide bonds. The number of amides is 1. The highest BCUT2D eigenvalue weighted by Gasteiger charge is 2.24. The minimum absolute atomic E-state index is 0.0984. The van der Waals surface area contributed by atoms with Crippen LogP contribution in [0.15, 0.2) is 54.6 Å². The molecule has 1 aliphatic carbocycles.